The molecule has 2 N–H and O–H groups in total. The Bertz CT molecular complexity index is 515. The van der Waals surface area contributed by atoms with Gasteiger partial charge in [0.05, 0.1) is 13.7 Å². The first kappa shape index (κ1) is 23.0. The van der Waals surface area contributed by atoms with E-state index >= 15 is 0 Å². The quantitative estimate of drug-likeness (QED) is 0.262. The molecule has 1 fully saturated rings. The smallest absolute Gasteiger partial charge is 0.212 e. The molecule has 0 unspecified atom stereocenters. The number of pyridine rings is 1. The SMILES string of the molecule is CCNC(=NCc1ccc(OC)nc1)NCCCN1CCC(C)CC1.I. The van der Waals surface area contributed by atoms with Gasteiger partial charge in [0.25, 0.3) is 0 Å². The van der Waals surface area contributed by atoms with Gasteiger partial charge in [-0.25, -0.2) is 9.98 Å². The summed E-state index contributed by atoms with van der Waals surface area (Å²) in [5.41, 5.74) is 1.07. The van der Waals surface area contributed by atoms with E-state index in [1.165, 1.54) is 32.5 Å². The van der Waals surface area contributed by atoms with Gasteiger partial charge in [0, 0.05) is 25.4 Å². The molecule has 0 saturated carbocycles. The number of halogens is 1. The van der Waals surface area contributed by atoms with Gasteiger partial charge in [-0.3, -0.25) is 0 Å². The first-order chi connectivity index (χ1) is 12.2. The topological polar surface area (TPSA) is 61.8 Å². The predicted molar refractivity (Wildman–Crippen MR) is 118 cm³/mol. The van der Waals surface area contributed by atoms with Crippen molar-refractivity contribution in [3.63, 3.8) is 0 Å². The second kappa shape index (κ2) is 13.1. The average Bonchev–Trinajstić information content (AvgIpc) is 2.65. The first-order valence-electron chi connectivity index (χ1n) is 9.44. The Kier molecular flexibility index (Phi) is 11.6. The summed E-state index contributed by atoms with van der Waals surface area (Å²) >= 11 is 0. The van der Waals surface area contributed by atoms with Crippen LogP contribution in [0.4, 0.5) is 0 Å². The van der Waals surface area contributed by atoms with Crippen LogP contribution in [0, 0.1) is 5.92 Å². The summed E-state index contributed by atoms with van der Waals surface area (Å²) in [6, 6.07) is 3.86. The number of methoxy groups -OCH3 is 1. The Labute approximate surface area is 175 Å². The molecule has 0 amide bonds. The van der Waals surface area contributed by atoms with Crippen LogP contribution in [0.25, 0.3) is 0 Å². The van der Waals surface area contributed by atoms with E-state index in [-0.39, 0.29) is 24.0 Å². The number of nitrogens with one attached hydrogen (secondary N) is 2. The highest BCUT2D eigenvalue weighted by atomic mass is 127. The van der Waals surface area contributed by atoms with Crippen LogP contribution in [-0.4, -0.2) is 55.7 Å². The number of piperidine rings is 1. The van der Waals surface area contributed by atoms with E-state index in [1.54, 1.807) is 7.11 Å². The van der Waals surface area contributed by atoms with Crippen molar-refractivity contribution in [3.05, 3.63) is 23.9 Å². The lowest BCUT2D eigenvalue weighted by atomic mass is 9.99. The highest BCUT2D eigenvalue weighted by molar-refractivity contribution is 14.0. The van der Waals surface area contributed by atoms with Crippen LogP contribution in [0.2, 0.25) is 0 Å². The van der Waals surface area contributed by atoms with Crippen molar-refractivity contribution in [2.75, 3.05) is 39.8 Å². The molecule has 1 saturated heterocycles. The molecule has 26 heavy (non-hydrogen) atoms. The number of likely N-dealkylation sites (tertiary alicyclic amines) is 1. The lowest BCUT2D eigenvalue weighted by Gasteiger charge is -2.30. The fourth-order valence-corrected chi connectivity index (χ4v) is 2.93. The molecule has 6 nitrogen and oxygen atoms in total. The van der Waals surface area contributed by atoms with Crippen LogP contribution < -0.4 is 15.4 Å². The Balaban J connectivity index is 0.00000338. The van der Waals surface area contributed by atoms with Gasteiger partial charge in [-0.1, -0.05) is 13.0 Å². The molecule has 2 rings (SSSR count). The zero-order valence-corrected chi connectivity index (χ0v) is 18.7. The van der Waals surface area contributed by atoms with Crippen molar-refractivity contribution in [3.8, 4) is 5.88 Å². The summed E-state index contributed by atoms with van der Waals surface area (Å²) in [6.45, 7) is 10.5. The molecular weight excluding hydrogens is 441 g/mol. The summed E-state index contributed by atoms with van der Waals surface area (Å²) in [6.07, 6.45) is 5.63. The van der Waals surface area contributed by atoms with Crippen molar-refractivity contribution in [1.82, 2.24) is 20.5 Å². The van der Waals surface area contributed by atoms with Crippen LogP contribution in [0.1, 0.15) is 38.7 Å². The average molecular weight is 475 g/mol. The fraction of sp³-hybridized carbons (Fsp3) is 0.684. The van der Waals surface area contributed by atoms with Crippen molar-refractivity contribution < 1.29 is 4.74 Å². The zero-order chi connectivity index (χ0) is 17.9. The molecule has 1 aliphatic rings. The largest absolute Gasteiger partial charge is 0.481 e. The number of aliphatic imine (C=N–C) groups is 1. The molecule has 0 aliphatic carbocycles. The number of hydrogen-bond donors (Lipinski definition) is 2. The van der Waals surface area contributed by atoms with Gasteiger partial charge in [0.1, 0.15) is 0 Å². The lowest BCUT2D eigenvalue weighted by molar-refractivity contribution is 0.191. The van der Waals surface area contributed by atoms with E-state index in [9.17, 15) is 0 Å². The number of guanidine groups is 1. The van der Waals surface area contributed by atoms with E-state index in [1.807, 2.05) is 18.3 Å². The van der Waals surface area contributed by atoms with Crippen LogP contribution in [-0.2, 0) is 6.54 Å². The third kappa shape index (κ3) is 8.53. The number of aromatic nitrogens is 1. The minimum atomic E-state index is 0. The summed E-state index contributed by atoms with van der Waals surface area (Å²) in [4.78, 5) is 11.4. The summed E-state index contributed by atoms with van der Waals surface area (Å²) in [7, 11) is 1.62. The molecule has 1 aliphatic heterocycles. The first-order valence-corrected chi connectivity index (χ1v) is 9.44. The van der Waals surface area contributed by atoms with E-state index in [0.29, 0.717) is 12.4 Å². The van der Waals surface area contributed by atoms with Gasteiger partial charge in [0.2, 0.25) is 5.88 Å². The maximum atomic E-state index is 5.08. The Morgan fingerprint density at radius 2 is 2.08 bits per heavy atom. The molecule has 0 atom stereocenters. The van der Waals surface area contributed by atoms with Crippen molar-refractivity contribution >= 4 is 29.9 Å². The van der Waals surface area contributed by atoms with Crippen LogP contribution in [0.3, 0.4) is 0 Å². The van der Waals surface area contributed by atoms with Gasteiger partial charge in [-0.2, -0.15) is 0 Å². The van der Waals surface area contributed by atoms with E-state index in [0.717, 1.165) is 37.0 Å². The lowest BCUT2D eigenvalue weighted by Crippen LogP contribution is -2.39. The van der Waals surface area contributed by atoms with Crippen LogP contribution in [0.5, 0.6) is 5.88 Å². The fourth-order valence-electron chi connectivity index (χ4n) is 2.93. The molecular formula is C19H34IN5O. The van der Waals surface area contributed by atoms with E-state index in [2.05, 4.69) is 39.4 Å². The highest BCUT2D eigenvalue weighted by Gasteiger charge is 2.14. The maximum Gasteiger partial charge on any atom is 0.212 e. The van der Waals surface area contributed by atoms with Crippen molar-refractivity contribution in [2.24, 2.45) is 10.9 Å². The number of rotatable bonds is 8. The maximum absolute atomic E-state index is 5.08. The second-order valence-electron chi connectivity index (χ2n) is 6.71. The molecule has 148 valence electrons. The highest BCUT2D eigenvalue weighted by Crippen LogP contribution is 2.15. The molecule has 1 aromatic rings. The van der Waals surface area contributed by atoms with Gasteiger partial charge in [0.15, 0.2) is 5.96 Å². The molecule has 0 spiro atoms. The molecule has 0 radical (unpaired) electrons. The van der Waals surface area contributed by atoms with Gasteiger partial charge < -0.3 is 20.3 Å². The number of hydrogen-bond acceptors (Lipinski definition) is 4. The van der Waals surface area contributed by atoms with Gasteiger partial charge in [-0.15, -0.1) is 24.0 Å². The number of nitrogens with zero attached hydrogens (tertiary/aromatic N) is 3. The molecule has 1 aromatic heterocycles. The summed E-state index contributed by atoms with van der Waals surface area (Å²) < 4.78 is 5.08. The Morgan fingerprint density at radius 3 is 2.69 bits per heavy atom. The minimum Gasteiger partial charge on any atom is -0.481 e. The van der Waals surface area contributed by atoms with E-state index < -0.39 is 0 Å². The van der Waals surface area contributed by atoms with Gasteiger partial charge in [-0.05, 0) is 57.3 Å². The Morgan fingerprint density at radius 1 is 1.31 bits per heavy atom. The van der Waals surface area contributed by atoms with Crippen molar-refractivity contribution in [1.29, 1.82) is 0 Å². The van der Waals surface area contributed by atoms with Crippen molar-refractivity contribution in [2.45, 2.75) is 39.7 Å². The predicted octanol–water partition coefficient (Wildman–Crippen LogP) is 2.89. The summed E-state index contributed by atoms with van der Waals surface area (Å²) in [5.74, 6) is 2.39. The standard InChI is InChI=1S/C19H33N5O.HI/c1-4-20-19(23-15-17-6-7-18(25-3)22-14-17)21-10-5-11-24-12-8-16(2)9-13-24;/h6-7,14,16H,4-5,8-13,15H2,1-3H3,(H2,20,21,23);1H. The molecule has 0 aromatic carbocycles. The molecule has 7 heteroatoms. The van der Waals surface area contributed by atoms with Crippen LogP contribution in [0.15, 0.2) is 23.3 Å². The third-order valence-corrected chi connectivity index (χ3v) is 4.59. The normalized spacial score (nSPS) is 16.0. The molecule has 0 bridgehead atoms. The third-order valence-electron chi connectivity index (χ3n) is 4.59. The monoisotopic (exact) mass is 475 g/mol. The number of ether oxygens (including phenoxy) is 1. The van der Waals surface area contributed by atoms with Gasteiger partial charge >= 0.3 is 0 Å². The second-order valence-corrected chi connectivity index (χ2v) is 6.71. The van der Waals surface area contributed by atoms with Crippen LogP contribution >= 0.6 is 24.0 Å². The zero-order valence-electron chi connectivity index (χ0n) is 16.3. The molecule has 2 heterocycles. The summed E-state index contributed by atoms with van der Waals surface area (Å²) in [5, 5.41) is 6.73. The Hall–Kier alpha value is -1.09. The minimum absolute atomic E-state index is 0. The van der Waals surface area contributed by atoms with E-state index in [4.69, 9.17) is 4.74 Å².